The molecule has 1 N–H and O–H groups in total. The quantitative estimate of drug-likeness (QED) is 0.931. The molecule has 1 heterocycles. The van der Waals surface area contributed by atoms with Crippen molar-refractivity contribution in [3.8, 4) is 0 Å². The van der Waals surface area contributed by atoms with Crippen molar-refractivity contribution in [1.29, 1.82) is 0 Å². The lowest BCUT2D eigenvalue weighted by atomic mass is 9.58. The first kappa shape index (κ1) is 14.4. The summed E-state index contributed by atoms with van der Waals surface area (Å²) in [6, 6.07) is 7.25. The number of nitrogens with zero attached hydrogens (tertiary/aromatic N) is 1. The molecule has 1 aromatic carbocycles. The molecule has 0 aromatic heterocycles. The number of benzene rings is 1. The third-order valence-corrected chi connectivity index (χ3v) is 6.36. The van der Waals surface area contributed by atoms with Crippen LogP contribution in [0.15, 0.2) is 18.2 Å². The van der Waals surface area contributed by atoms with E-state index < -0.39 is 0 Å². The van der Waals surface area contributed by atoms with E-state index in [1.807, 2.05) is 7.05 Å². The Morgan fingerprint density at radius 2 is 2.14 bits per heavy atom. The number of Topliss-reactive ketones (excluding diaryl/α,β-unsaturated/α-hetero) is 1. The highest BCUT2D eigenvalue weighted by molar-refractivity contribution is 6.03. The lowest BCUT2D eigenvalue weighted by molar-refractivity contribution is 0.0247. The smallest absolute Gasteiger partial charge is 0.180 e. The number of hydrogen-bond acceptors (Lipinski definition) is 3. The lowest BCUT2D eigenvalue weighted by Gasteiger charge is -2.53. The van der Waals surface area contributed by atoms with Gasteiger partial charge in [0.15, 0.2) is 5.78 Å². The summed E-state index contributed by atoms with van der Waals surface area (Å²) in [5.41, 5.74) is 3.70. The van der Waals surface area contributed by atoms with Crippen LogP contribution in [-0.2, 0) is 12.0 Å². The molecule has 3 atom stereocenters. The van der Waals surface area contributed by atoms with Crippen molar-refractivity contribution < 1.29 is 4.79 Å². The standard InChI is InChI=1S/C19H26N2O/c1-12-17-18(22)15-7-4-13(11-20-3)10-16(15)19(12,2)8-9-21(17)14-5-6-14/h4,7,10,12,14,17,20H,5-6,8-9,11H2,1-3H3/t12-,17-,19+/m0/s1. The Bertz CT molecular complexity index is 622. The maximum atomic E-state index is 13.1. The van der Waals surface area contributed by atoms with E-state index in [2.05, 4.69) is 42.3 Å². The Morgan fingerprint density at radius 3 is 2.82 bits per heavy atom. The van der Waals surface area contributed by atoms with Gasteiger partial charge < -0.3 is 5.32 Å². The molecule has 3 nitrogen and oxygen atoms in total. The minimum Gasteiger partial charge on any atom is -0.316 e. The normalized spacial score (nSPS) is 34.6. The van der Waals surface area contributed by atoms with Crippen LogP contribution in [0.4, 0.5) is 0 Å². The number of ketones is 1. The fourth-order valence-electron chi connectivity index (χ4n) is 4.69. The number of piperidine rings is 1. The van der Waals surface area contributed by atoms with E-state index >= 15 is 0 Å². The molecule has 4 rings (SSSR count). The fraction of sp³-hybridized carbons (Fsp3) is 0.632. The maximum absolute atomic E-state index is 13.1. The van der Waals surface area contributed by atoms with Gasteiger partial charge in [-0.1, -0.05) is 32.0 Å². The number of fused-ring (bicyclic) bond motifs is 4. The van der Waals surface area contributed by atoms with Crippen LogP contribution in [0.2, 0.25) is 0 Å². The number of rotatable bonds is 3. The van der Waals surface area contributed by atoms with E-state index in [0.29, 0.717) is 17.7 Å². The Labute approximate surface area is 133 Å². The summed E-state index contributed by atoms with van der Waals surface area (Å²) in [5.74, 6) is 0.772. The van der Waals surface area contributed by atoms with Crippen molar-refractivity contribution >= 4 is 5.78 Å². The molecule has 1 aliphatic heterocycles. The van der Waals surface area contributed by atoms with Gasteiger partial charge in [0.2, 0.25) is 0 Å². The molecule has 1 saturated heterocycles. The number of nitrogens with one attached hydrogen (secondary N) is 1. The molecule has 3 aliphatic rings. The third-order valence-electron chi connectivity index (χ3n) is 6.36. The number of likely N-dealkylation sites (tertiary alicyclic amines) is 1. The van der Waals surface area contributed by atoms with Gasteiger partial charge in [-0.05, 0) is 48.8 Å². The summed E-state index contributed by atoms with van der Waals surface area (Å²) < 4.78 is 0. The van der Waals surface area contributed by atoms with Gasteiger partial charge in [-0.3, -0.25) is 9.69 Å². The van der Waals surface area contributed by atoms with Crippen LogP contribution in [0.25, 0.3) is 0 Å². The monoisotopic (exact) mass is 298 g/mol. The van der Waals surface area contributed by atoms with Crippen LogP contribution in [-0.4, -0.2) is 36.4 Å². The molecule has 3 heteroatoms. The maximum Gasteiger partial charge on any atom is 0.180 e. The van der Waals surface area contributed by atoms with Crippen molar-refractivity contribution in [2.24, 2.45) is 5.92 Å². The summed E-state index contributed by atoms with van der Waals surface area (Å²) in [5, 5.41) is 3.22. The van der Waals surface area contributed by atoms with E-state index in [1.54, 1.807) is 0 Å². The highest BCUT2D eigenvalue weighted by atomic mass is 16.1. The zero-order valence-electron chi connectivity index (χ0n) is 13.9. The van der Waals surface area contributed by atoms with Crippen molar-refractivity contribution in [2.75, 3.05) is 13.6 Å². The molecule has 0 unspecified atom stereocenters. The minimum absolute atomic E-state index is 0.105. The number of hydrogen-bond donors (Lipinski definition) is 1. The summed E-state index contributed by atoms with van der Waals surface area (Å²) >= 11 is 0. The molecule has 1 aromatic rings. The second-order valence-corrected chi connectivity index (χ2v) is 7.64. The first-order valence-electron chi connectivity index (χ1n) is 8.64. The van der Waals surface area contributed by atoms with Crippen LogP contribution in [0.1, 0.15) is 54.6 Å². The number of carbonyl (C=O) groups is 1. The predicted molar refractivity (Wildman–Crippen MR) is 88.2 cm³/mol. The lowest BCUT2D eigenvalue weighted by Crippen LogP contribution is -2.61. The Kier molecular flexibility index (Phi) is 3.21. The minimum atomic E-state index is 0.105. The zero-order valence-corrected chi connectivity index (χ0v) is 13.9. The molecule has 1 saturated carbocycles. The van der Waals surface area contributed by atoms with E-state index in [9.17, 15) is 4.79 Å². The first-order valence-corrected chi connectivity index (χ1v) is 8.64. The second kappa shape index (κ2) is 4.90. The highest BCUT2D eigenvalue weighted by Crippen LogP contribution is 2.50. The molecule has 0 spiro atoms. The highest BCUT2D eigenvalue weighted by Gasteiger charge is 2.54. The van der Waals surface area contributed by atoms with Crippen LogP contribution in [0.3, 0.4) is 0 Å². The average molecular weight is 298 g/mol. The van der Waals surface area contributed by atoms with Crippen molar-refractivity contribution in [3.63, 3.8) is 0 Å². The molecule has 118 valence electrons. The molecule has 0 amide bonds. The van der Waals surface area contributed by atoms with Crippen LogP contribution in [0, 0.1) is 5.92 Å². The van der Waals surface area contributed by atoms with E-state index in [0.717, 1.165) is 18.7 Å². The molecule has 0 radical (unpaired) electrons. The number of carbonyl (C=O) groups excluding carboxylic acids is 1. The summed E-state index contributed by atoms with van der Waals surface area (Å²) in [6.45, 7) is 6.62. The van der Waals surface area contributed by atoms with Crippen LogP contribution in [0.5, 0.6) is 0 Å². The SMILES string of the molecule is CNCc1ccc2c(c1)[C@]1(C)CCN(C3CC3)[C@H](C2=O)[C@@H]1C. The topological polar surface area (TPSA) is 32.3 Å². The van der Waals surface area contributed by atoms with Gasteiger partial charge in [0.05, 0.1) is 6.04 Å². The van der Waals surface area contributed by atoms with Gasteiger partial charge in [0.1, 0.15) is 0 Å². The van der Waals surface area contributed by atoms with Gasteiger partial charge >= 0.3 is 0 Å². The second-order valence-electron chi connectivity index (χ2n) is 7.64. The van der Waals surface area contributed by atoms with Gasteiger partial charge in [-0.25, -0.2) is 0 Å². The van der Waals surface area contributed by atoms with Crippen molar-refractivity contribution in [1.82, 2.24) is 10.2 Å². The fourth-order valence-corrected chi connectivity index (χ4v) is 4.69. The van der Waals surface area contributed by atoms with E-state index in [-0.39, 0.29) is 11.5 Å². The van der Waals surface area contributed by atoms with Crippen LogP contribution < -0.4 is 5.32 Å². The molecule has 2 aliphatic carbocycles. The third kappa shape index (κ3) is 1.92. The Morgan fingerprint density at radius 1 is 1.36 bits per heavy atom. The summed E-state index contributed by atoms with van der Waals surface area (Å²) in [4.78, 5) is 15.6. The summed E-state index contributed by atoms with van der Waals surface area (Å²) in [7, 11) is 1.97. The van der Waals surface area contributed by atoms with Crippen molar-refractivity contribution in [3.05, 3.63) is 34.9 Å². The van der Waals surface area contributed by atoms with Crippen LogP contribution >= 0.6 is 0 Å². The van der Waals surface area contributed by atoms with Crippen molar-refractivity contribution in [2.45, 2.75) is 57.2 Å². The van der Waals surface area contributed by atoms with Gasteiger partial charge in [0.25, 0.3) is 0 Å². The summed E-state index contributed by atoms with van der Waals surface area (Å²) in [6.07, 6.45) is 3.73. The first-order chi connectivity index (χ1) is 10.6. The Balaban J connectivity index is 1.81. The van der Waals surface area contributed by atoms with E-state index in [1.165, 1.54) is 30.4 Å². The molecule has 2 fully saturated rings. The molecule has 2 bridgehead atoms. The average Bonchev–Trinajstić information content (AvgIpc) is 3.33. The zero-order chi connectivity index (χ0) is 15.5. The predicted octanol–water partition coefficient (Wildman–Crippen LogP) is 2.73. The van der Waals surface area contributed by atoms with E-state index in [4.69, 9.17) is 0 Å². The Hall–Kier alpha value is -1.19. The molecular weight excluding hydrogens is 272 g/mol. The molecule has 22 heavy (non-hydrogen) atoms. The largest absolute Gasteiger partial charge is 0.316 e. The van der Waals surface area contributed by atoms with Gasteiger partial charge in [0, 0.05) is 24.7 Å². The van der Waals surface area contributed by atoms with Gasteiger partial charge in [-0.2, -0.15) is 0 Å². The van der Waals surface area contributed by atoms with Gasteiger partial charge in [-0.15, -0.1) is 0 Å². The molecular formula is C19H26N2O.